The molecule has 0 bridgehead atoms. The van der Waals surface area contributed by atoms with Crippen molar-refractivity contribution in [1.82, 2.24) is 10.2 Å². The number of nitrogens with one attached hydrogen (secondary N) is 1. The van der Waals surface area contributed by atoms with E-state index in [0.717, 1.165) is 25.7 Å². The molecule has 100 valence electrons. The van der Waals surface area contributed by atoms with Gasteiger partial charge < -0.3 is 0 Å². The average molecular weight is 252 g/mol. The van der Waals surface area contributed by atoms with Gasteiger partial charge in [0, 0.05) is 5.54 Å². The van der Waals surface area contributed by atoms with Crippen LogP contribution in [0.15, 0.2) is 0 Å². The van der Waals surface area contributed by atoms with Gasteiger partial charge >= 0.3 is 6.03 Å². The van der Waals surface area contributed by atoms with Gasteiger partial charge in [0.25, 0.3) is 0 Å². The van der Waals surface area contributed by atoms with Crippen molar-refractivity contribution in [3.05, 3.63) is 0 Å². The number of imide groups is 2. The maximum Gasteiger partial charge on any atom is 0.331 e. The first-order chi connectivity index (χ1) is 8.32. The molecule has 0 radical (unpaired) electrons. The van der Waals surface area contributed by atoms with Crippen LogP contribution in [-0.4, -0.2) is 28.3 Å². The van der Waals surface area contributed by atoms with Crippen LogP contribution in [0.2, 0.25) is 0 Å². The van der Waals surface area contributed by atoms with Crippen molar-refractivity contribution in [1.29, 1.82) is 0 Å². The Morgan fingerprint density at radius 3 is 2.17 bits per heavy atom. The van der Waals surface area contributed by atoms with Gasteiger partial charge in [0.2, 0.25) is 11.8 Å². The van der Waals surface area contributed by atoms with E-state index in [2.05, 4.69) is 5.32 Å². The number of hydrogen-bond donors (Lipinski definition) is 1. The summed E-state index contributed by atoms with van der Waals surface area (Å²) in [5.41, 5.74) is -0.598. The second-order valence-electron chi connectivity index (χ2n) is 6.16. The molecule has 5 heteroatoms. The van der Waals surface area contributed by atoms with Crippen molar-refractivity contribution >= 4 is 17.8 Å². The lowest BCUT2D eigenvalue weighted by atomic mass is 9.86. The lowest BCUT2D eigenvalue weighted by Gasteiger charge is -2.40. The first-order valence-electron chi connectivity index (χ1n) is 6.51. The van der Waals surface area contributed by atoms with Crippen molar-refractivity contribution in [3.63, 3.8) is 0 Å². The molecule has 1 aliphatic carbocycles. The first kappa shape index (κ1) is 13.1. The fourth-order valence-electron chi connectivity index (χ4n) is 2.93. The Labute approximate surface area is 107 Å². The molecule has 1 unspecified atom stereocenters. The largest absolute Gasteiger partial charge is 0.331 e. The van der Waals surface area contributed by atoms with Crippen LogP contribution in [-0.2, 0) is 9.59 Å². The van der Waals surface area contributed by atoms with Crippen LogP contribution in [0.25, 0.3) is 0 Å². The highest BCUT2D eigenvalue weighted by Crippen LogP contribution is 2.35. The van der Waals surface area contributed by atoms with Gasteiger partial charge in [-0.3, -0.25) is 19.8 Å². The summed E-state index contributed by atoms with van der Waals surface area (Å²) < 4.78 is 0. The number of barbiturate groups is 1. The zero-order chi connectivity index (χ0) is 13.5. The van der Waals surface area contributed by atoms with E-state index < -0.39 is 23.4 Å². The summed E-state index contributed by atoms with van der Waals surface area (Å²) in [6.45, 7) is 5.39. The molecule has 2 fully saturated rings. The smallest absolute Gasteiger partial charge is 0.277 e. The highest BCUT2D eigenvalue weighted by molar-refractivity contribution is 6.16. The maximum atomic E-state index is 12.4. The summed E-state index contributed by atoms with van der Waals surface area (Å²) in [4.78, 5) is 37.3. The normalized spacial score (nSPS) is 26.7. The number of carbonyl (C=O) groups is 3. The number of amides is 4. The number of carbonyl (C=O) groups excluding carboxylic acids is 3. The molecular weight excluding hydrogens is 232 g/mol. The molecule has 1 aliphatic heterocycles. The fraction of sp³-hybridized carbons (Fsp3) is 0.769. The monoisotopic (exact) mass is 252 g/mol. The van der Waals surface area contributed by atoms with E-state index in [0.29, 0.717) is 0 Å². The van der Waals surface area contributed by atoms with Crippen LogP contribution in [0.3, 0.4) is 0 Å². The predicted octanol–water partition coefficient (Wildman–Crippen LogP) is 1.67. The zero-order valence-electron chi connectivity index (χ0n) is 11.2. The molecule has 1 heterocycles. The third kappa shape index (κ3) is 2.13. The van der Waals surface area contributed by atoms with Gasteiger partial charge in [0.15, 0.2) is 0 Å². The summed E-state index contributed by atoms with van der Waals surface area (Å²) in [7, 11) is 0. The maximum absolute atomic E-state index is 12.4. The van der Waals surface area contributed by atoms with E-state index >= 15 is 0 Å². The molecule has 1 N–H and O–H groups in total. The van der Waals surface area contributed by atoms with Crippen molar-refractivity contribution in [2.24, 2.45) is 11.8 Å². The zero-order valence-corrected chi connectivity index (χ0v) is 11.2. The summed E-state index contributed by atoms with van der Waals surface area (Å²) in [5.74, 6) is -1.33. The Hall–Kier alpha value is -1.39. The number of nitrogens with zero attached hydrogens (tertiary/aromatic N) is 1. The van der Waals surface area contributed by atoms with Gasteiger partial charge in [-0.15, -0.1) is 0 Å². The molecule has 2 aliphatic rings. The minimum atomic E-state index is -0.676. The van der Waals surface area contributed by atoms with Crippen LogP contribution in [0.1, 0.15) is 46.5 Å². The Balaban J connectivity index is 2.28. The van der Waals surface area contributed by atoms with Gasteiger partial charge in [-0.1, -0.05) is 12.8 Å². The van der Waals surface area contributed by atoms with Gasteiger partial charge in [0.1, 0.15) is 5.92 Å². The quantitative estimate of drug-likeness (QED) is 0.722. The SMILES string of the molecule is CC(C)(C)N1C(=O)NC(=O)C(C2CCCC2)C1=O. The standard InChI is InChI=1S/C13H20N2O3/c1-13(2,3)15-11(17)9(8-6-4-5-7-8)10(16)14-12(15)18/h8-9H,4-7H2,1-3H3,(H,14,16,18). The van der Waals surface area contributed by atoms with Gasteiger partial charge in [-0.2, -0.15) is 0 Å². The summed E-state index contributed by atoms with van der Waals surface area (Å²) in [6.07, 6.45) is 3.92. The molecule has 0 aromatic rings. The highest BCUT2D eigenvalue weighted by Gasteiger charge is 2.48. The summed E-state index contributed by atoms with van der Waals surface area (Å²) in [5, 5.41) is 2.32. The summed E-state index contributed by atoms with van der Waals surface area (Å²) >= 11 is 0. The first-order valence-corrected chi connectivity index (χ1v) is 6.51. The average Bonchev–Trinajstić information content (AvgIpc) is 2.67. The molecule has 4 amide bonds. The number of rotatable bonds is 1. The molecule has 0 aromatic heterocycles. The Morgan fingerprint density at radius 2 is 1.67 bits per heavy atom. The number of urea groups is 1. The lowest BCUT2D eigenvalue weighted by Crippen LogP contribution is -2.64. The van der Waals surface area contributed by atoms with E-state index in [4.69, 9.17) is 0 Å². The lowest BCUT2D eigenvalue weighted by molar-refractivity contribution is -0.148. The van der Waals surface area contributed by atoms with Gasteiger partial charge in [-0.25, -0.2) is 4.79 Å². The minimum Gasteiger partial charge on any atom is -0.277 e. The van der Waals surface area contributed by atoms with Crippen molar-refractivity contribution in [3.8, 4) is 0 Å². The highest BCUT2D eigenvalue weighted by atomic mass is 16.2. The predicted molar refractivity (Wildman–Crippen MR) is 65.6 cm³/mol. The van der Waals surface area contributed by atoms with Crippen molar-refractivity contribution in [2.45, 2.75) is 52.0 Å². The van der Waals surface area contributed by atoms with Crippen LogP contribution >= 0.6 is 0 Å². The molecule has 0 aromatic carbocycles. The van der Waals surface area contributed by atoms with Crippen LogP contribution in [0, 0.1) is 11.8 Å². The molecule has 2 rings (SSSR count). The van der Waals surface area contributed by atoms with E-state index in [9.17, 15) is 14.4 Å². The van der Waals surface area contributed by atoms with E-state index in [1.807, 2.05) is 0 Å². The minimum absolute atomic E-state index is 0.0930. The van der Waals surface area contributed by atoms with E-state index in [1.54, 1.807) is 20.8 Å². The number of hydrogen-bond acceptors (Lipinski definition) is 3. The third-order valence-corrected chi connectivity index (χ3v) is 3.74. The second-order valence-corrected chi connectivity index (χ2v) is 6.16. The van der Waals surface area contributed by atoms with E-state index in [-0.39, 0.29) is 11.8 Å². The van der Waals surface area contributed by atoms with Gasteiger partial charge in [-0.05, 0) is 39.5 Å². The van der Waals surface area contributed by atoms with Crippen LogP contribution < -0.4 is 5.32 Å². The molecule has 1 saturated carbocycles. The Kier molecular flexibility index (Phi) is 3.17. The third-order valence-electron chi connectivity index (χ3n) is 3.74. The van der Waals surface area contributed by atoms with Crippen molar-refractivity contribution < 1.29 is 14.4 Å². The fourth-order valence-corrected chi connectivity index (χ4v) is 2.93. The molecule has 1 atom stereocenters. The summed E-state index contributed by atoms with van der Waals surface area (Å²) in [6, 6.07) is -0.591. The molecule has 18 heavy (non-hydrogen) atoms. The molecule has 1 saturated heterocycles. The topological polar surface area (TPSA) is 66.5 Å². The van der Waals surface area contributed by atoms with Crippen molar-refractivity contribution in [2.75, 3.05) is 0 Å². The van der Waals surface area contributed by atoms with Gasteiger partial charge in [0.05, 0.1) is 0 Å². The van der Waals surface area contributed by atoms with E-state index in [1.165, 1.54) is 4.90 Å². The molecular formula is C13H20N2O3. The molecule has 0 spiro atoms. The van der Waals surface area contributed by atoms with Crippen LogP contribution in [0.4, 0.5) is 4.79 Å². The Bertz CT molecular complexity index is 392. The van der Waals surface area contributed by atoms with Crippen LogP contribution in [0.5, 0.6) is 0 Å². The Morgan fingerprint density at radius 1 is 1.11 bits per heavy atom. The second kappa shape index (κ2) is 4.37. The molecule has 5 nitrogen and oxygen atoms in total.